The summed E-state index contributed by atoms with van der Waals surface area (Å²) in [4.78, 5) is 23.5. The Balaban J connectivity index is 2.12. The van der Waals surface area contributed by atoms with E-state index < -0.39 is 11.9 Å². The summed E-state index contributed by atoms with van der Waals surface area (Å²) in [6, 6.07) is 15.8. The first-order valence-corrected chi connectivity index (χ1v) is 7.00. The molecule has 2 aromatic carbocycles. The maximum absolute atomic E-state index is 12.1. The van der Waals surface area contributed by atoms with Crippen molar-refractivity contribution in [2.24, 2.45) is 5.92 Å². The van der Waals surface area contributed by atoms with Gasteiger partial charge in [0.1, 0.15) is 0 Å². The summed E-state index contributed by atoms with van der Waals surface area (Å²) in [6.45, 7) is 0. The minimum atomic E-state index is -0.987. The Kier molecular flexibility index (Phi) is 5.12. The lowest BCUT2D eigenvalue weighted by molar-refractivity contribution is -0.141. The number of hydrogen-bond acceptors (Lipinski definition) is 2. The van der Waals surface area contributed by atoms with Crippen LogP contribution in [0, 0.1) is 5.92 Å². The highest BCUT2D eigenvalue weighted by Crippen LogP contribution is 2.22. The van der Waals surface area contributed by atoms with Gasteiger partial charge in [0, 0.05) is 17.0 Å². The van der Waals surface area contributed by atoms with Crippen LogP contribution < -0.4 is 0 Å². The Labute approximate surface area is 128 Å². The maximum atomic E-state index is 12.1. The fourth-order valence-electron chi connectivity index (χ4n) is 2.14. The van der Waals surface area contributed by atoms with Crippen molar-refractivity contribution in [3.05, 3.63) is 70.7 Å². The second-order valence-corrected chi connectivity index (χ2v) is 5.23. The second kappa shape index (κ2) is 7.04. The molecule has 1 N–H and O–H groups in total. The molecule has 0 aromatic heterocycles. The van der Waals surface area contributed by atoms with Crippen molar-refractivity contribution >= 4 is 23.4 Å². The molecule has 0 fully saturated rings. The Morgan fingerprint density at radius 1 is 1.00 bits per heavy atom. The smallest absolute Gasteiger partial charge is 0.307 e. The third-order valence-electron chi connectivity index (χ3n) is 3.30. The molecule has 0 aliphatic carbocycles. The normalized spacial score (nSPS) is 11.9. The van der Waals surface area contributed by atoms with Gasteiger partial charge in [0.05, 0.1) is 5.92 Å². The van der Waals surface area contributed by atoms with Crippen molar-refractivity contribution in [2.45, 2.75) is 12.8 Å². The molecule has 0 saturated heterocycles. The van der Waals surface area contributed by atoms with Crippen LogP contribution in [-0.2, 0) is 11.2 Å². The van der Waals surface area contributed by atoms with E-state index in [0.29, 0.717) is 10.6 Å². The van der Waals surface area contributed by atoms with Crippen molar-refractivity contribution in [1.82, 2.24) is 0 Å². The minimum absolute atomic E-state index is 0.0371. The standard InChI is InChI=1S/C17H15ClO3/c18-15-9-5-4-8-13(15)10-14(17(20)21)11-16(19)12-6-2-1-3-7-12/h1-9,14H,10-11H2,(H,20,21). The topological polar surface area (TPSA) is 54.4 Å². The molecule has 0 saturated carbocycles. The van der Waals surface area contributed by atoms with Crippen LogP contribution >= 0.6 is 11.6 Å². The summed E-state index contributed by atoms with van der Waals surface area (Å²) < 4.78 is 0. The third-order valence-corrected chi connectivity index (χ3v) is 3.67. The number of benzene rings is 2. The van der Waals surface area contributed by atoms with E-state index in [2.05, 4.69) is 0 Å². The van der Waals surface area contributed by atoms with Gasteiger partial charge < -0.3 is 5.11 Å². The number of carboxylic acids is 1. The lowest BCUT2D eigenvalue weighted by Gasteiger charge is -2.12. The zero-order valence-electron chi connectivity index (χ0n) is 11.3. The van der Waals surface area contributed by atoms with Crippen LogP contribution in [0.5, 0.6) is 0 Å². The monoisotopic (exact) mass is 302 g/mol. The molecule has 0 radical (unpaired) electrons. The van der Waals surface area contributed by atoms with Crippen molar-refractivity contribution in [2.75, 3.05) is 0 Å². The van der Waals surface area contributed by atoms with Crippen LogP contribution in [0.2, 0.25) is 5.02 Å². The maximum Gasteiger partial charge on any atom is 0.307 e. The number of Topliss-reactive ketones (excluding diaryl/α,β-unsaturated/α-hetero) is 1. The molecule has 2 aromatic rings. The van der Waals surface area contributed by atoms with Gasteiger partial charge >= 0.3 is 5.97 Å². The molecule has 0 aliphatic rings. The van der Waals surface area contributed by atoms with E-state index in [1.807, 2.05) is 6.07 Å². The van der Waals surface area contributed by atoms with E-state index in [1.54, 1.807) is 48.5 Å². The number of aliphatic carboxylic acids is 1. The molecule has 0 bridgehead atoms. The van der Waals surface area contributed by atoms with Gasteiger partial charge in [-0.3, -0.25) is 9.59 Å². The average molecular weight is 303 g/mol. The molecular weight excluding hydrogens is 288 g/mol. The fourth-order valence-corrected chi connectivity index (χ4v) is 2.35. The van der Waals surface area contributed by atoms with Gasteiger partial charge in [0.15, 0.2) is 5.78 Å². The molecule has 0 heterocycles. The molecule has 4 heteroatoms. The zero-order valence-corrected chi connectivity index (χ0v) is 12.1. The molecule has 0 spiro atoms. The van der Waals surface area contributed by atoms with Gasteiger partial charge in [-0.05, 0) is 18.1 Å². The Hall–Kier alpha value is -2.13. The third kappa shape index (κ3) is 4.17. The van der Waals surface area contributed by atoms with Crippen molar-refractivity contribution in [1.29, 1.82) is 0 Å². The number of ketones is 1. The summed E-state index contributed by atoms with van der Waals surface area (Å²) in [5, 5.41) is 9.85. The van der Waals surface area contributed by atoms with E-state index in [0.717, 1.165) is 5.56 Å². The Bertz CT molecular complexity index is 637. The zero-order chi connectivity index (χ0) is 15.2. The van der Waals surface area contributed by atoms with E-state index >= 15 is 0 Å². The molecular formula is C17H15ClO3. The summed E-state index contributed by atoms with van der Waals surface area (Å²) in [5.41, 5.74) is 1.27. The lowest BCUT2D eigenvalue weighted by atomic mass is 9.92. The molecule has 1 unspecified atom stereocenters. The van der Waals surface area contributed by atoms with Crippen LogP contribution in [0.25, 0.3) is 0 Å². The SMILES string of the molecule is O=C(CC(Cc1ccccc1Cl)C(=O)O)c1ccccc1. The predicted molar refractivity (Wildman–Crippen MR) is 81.7 cm³/mol. The molecule has 2 rings (SSSR count). The average Bonchev–Trinajstić information content (AvgIpc) is 2.49. The minimum Gasteiger partial charge on any atom is -0.481 e. The van der Waals surface area contributed by atoms with Gasteiger partial charge in [-0.1, -0.05) is 60.1 Å². The second-order valence-electron chi connectivity index (χ2n) is 4.82. The first-order valence-electron chi connectivity index (χ1n) is 6.62. The largest absolute Gasteiger partial charge is 0.481 e. The van der Waals surface area contributed by atoms with Gasteiger partial charge in [0.2, 0.25) is 0 Å². The fraction of sp³-hybridized carbons (Fsp3) is 0.176. The lowest BCUT2D eigenvalue weighted by Crippen LogP contribution is -2.20. The van der Waals surface area contributed by atoms with Crippen LogP contribution in [0.1, 0.15) is 22.3 Å². The van der Waals surface area contributed by atoms with Crippen molar-refractivity contribution in [3.8, 4) is 0 Å². The highest BCUT2D eigenvalue weighted by molar-refractivity contribution is 6.31. The molecule has 21 heavy (non-hydrogen) atoms. The summed E-state index contributed by atoms with van der Waals surface area (Å²) in [6.07, 6.45) is 0.206. The first kappa shape index (κ1) is 15.3. The molecule has 108 valence electrons. The van der Waals surface area contributed by atoms with Gasteiger partial charge in [-0.15, -0.1) is 0 Å². The molecule has 3 nitrogen and oxygen atoms in total. The van der Waals surface area contributed by atoms with Gasteiger partial charge in [0.25, 0.3) is 0 Å². The van der Waals surface area contributed by atoms with E-state index in [9.17, 15) is 14.7 Å². The number of hydrogen-bond donors (Lipinski definition) is 1. The Morgan fingerprint density at radius 2 is 1.62 bits per heavy atom. The number of halogens is 1. The van der Waals surface area contributed by atoms with Crippen LogP contribution in [0.15, 0.2) is 54.6 Å². The summed E-state index contributed by atoms with van der Waals surface area (Å²) >= 11 is 6.05. The Morgan fingerprint density at radius 3 is 2.24 bits per heavy atom. The number of rotatable bonds is 6. The van der Waals surface area contributed by atoms with Crippen LogP contribution in [0.3, 0.4) is 0 Å². The van der Waals surface area contributed by atoms with Gasteiger partial charge in [-0.2, -0.15) is 0 Å². The van der Waals surface area contributed by atoms with E-state index in [4.69, 9.17) is 11.6 Å². The molecule has 0 amide bonds. The molecule has 1 atom stereocenters. The summed E-state index contributed by atoms with van der Waals surface area (Å²) in [7, 11) is 0. The van der Waals surface area contributed by atoms with Gasteiger partial charge in [-0.25, -0.2) is 0 Å². The summed E-state index contributed by atoms with van der Waals surface area (Å²) in [5.74, 6) is -1.94. The van der Waals surface area contributed by atoms with E-state index in [-0.39, 0.29) is 18.6 Å². The quantitative estimate of drug-likeness (QED) is 0.824. The van der Waals surface area contributed by atoms with Crippen molar-refractivity contribution < 1.29 is 14.7 Å². The van der Waals surface area contributed by atoms with Crippen LogP contribution in [-0.4, -0.2) is 16.9 Å². The number of carboxylic acid groups (broad SMARTS) is 1. The molecule has 0 aliphatic heterocycles. The highest BCUT2D eigenvalue weighted by atomic mass is 35.5. The van der Waals surface area contributed by atoms with E-state index in [1.165, 1.54) is 0 Å². The number of carbonyl (C=O) groups is 2. The van der Waals surface area contributed by atoms with Crippen molar-refractivity contribution in [3.63, 3.8) is 0 Å². The highest BCUT2D eigenvalue weighted by Gasteiger charge is 2.23. The predicted octanol–water partition coefficient (Wildman–Crippen LogP) is 3.86. The van der Waals surface area contributed by atoms with Crippen LogP contribution in [0.4, 0.5) is 0 Å². The first-order chi connectivity index (χ1) is 10.1. The number of carbonyl (C=O) groups excluding carboxylic acids is 1.